The molecule has 142 valence electrons. The molecule has 0 saturated heterocycles. The standard InChI is InChI=1S/C21H20N4O2S/c1-14-11-16(25-27-14)13-28-21-18(6-4-9-23-21)20(26)22-10-8-15-12-24-19-7-3-2-5-17(15)19/h2-7,9,11-12,24H,8,10,13H2,1H3,(H,22,26). The first-order chi connectivity index (χ1) is 13.7. The molecule has 3 aromatic heterocycles. The van der Waals surface area contributed by atoms with E-state index in [1.165, 1.54) is 22.7 Å². The predicted molar refractivity (Wildman–Crippen MR) is 109 cm³/mol. The first kappa shape index (κ1) is 18.3. The van der Waals surface area contributed by atoms with Crippen LogP contribution in [0.4, 0.5) is 0 Å². The third-order valence-corrected chi connectivity index (χ3v) is 5.44. The van der Waals surface area contributed by atoms with Crippen molar-refractivity contribution in [2.75, 3.05) is 6.54 Å². The number of hydrogen-bond acceptors (Lipinski definition) is 5. The lowest BCUT2D eigenvalue weighted by Gasteiger charge is -2.08. The van der Waals surface area contributed by atoms with Gasteiger partial charge in [0.05, 0.1) is 11.3 Å². The number of carbonyl (C=O) groups excluding carboxylic acids is 1. The van der Waals surface area contributed by atoms with Crippen molar-refractivity contribution in [3.05, 3.63) is 77.4 Å². The minimum absolute atomic E-state index is 0.119. The van der Waals surface area contributed by atoms with Gasteiger partial charge < -0.3 is 14.8 Å². The highest BCUT2D eigenvalue weighted by Crippen LogP contribution is 2.24. The van der Waals surface area contributed by atoms with Crippen LogP contribution in [0.2, 0.25) is 0 Å². The van der Waals surface area contributed by atoms with Gasteiger partial charge in [-0.3, -0.25) is 4.79 Å². The van der Waals surface area contributed by atoms with E-state index in [-0.39, 0.29) is 5.91 Å². The summed E-state index contributed by atoms with van der Waals surface area (Å²) in [6.45, 7) is 2.41. The molecule has 3 heterocycles. The van der Waals surface area contributed by atoms with E-state index in [1.807, 2.05) is 37.4 Å². The van der Waals surface area contributed by atoms with Crippen molar-refractivity contribution in [3.63, 3.8) is 0 Å². The van der Waals surface area contributed by atoms with Gasteiger partial charge in [-0.05, 0) is 37.1 Å². The maximum atomic E-state index is 12.7. The lowest BCUT2D eigenvalue weighted by Crippen LogP contribution is -2.26. The van der Waals surface area contributed by atoms with E-state index in [1.54, 1.807) is 18.3 Å². The number of benzene rings is 1. The van der Waals surface area contributed by atoms with E-state index in [4.69, 9.17) is 4.52 Å². The number of aromatic amines is 1. The number of nitrogens with one attached hydrogen (secondary N) is 2. The third-order valence-electron chi connectivity index (χ3n) is 4.40. The van der Waals surface area contributed by atoms with Crippen LogP contribution in [0.1, 0.15) is 27.4 Å². The largest absolute Gasteiger partial charge is 0.361 e. The predicted octanol–water partition coefficient (Wildman–Crippen LogP) is 4.12. The topological polar surface area (TPSA) is 83.8 Å². The molecule has 6 nitrogen and oxygen atoms in total. The second kappa shape index (κ2) is 8.31. The molecule has 0 bridgehead atoms. The van der Waals surface area contributed by atoms with Crippen LogP contribution in [0.5, 0.6) is 0 Å². The molecule has 0 unspecified atom stereocenters. The number of hydrogen-bond donors (Lipinski definition) is 2. The van der Waals surface area contributed by atoms with Crippen LogP contribution in [0.3, 0.4) is 0 Å². The average molecular weight is 392 g/mol. The van der Waals surface area contributed by atoms with Gasteiger partial charge in [0, 0.05) is 41.7 Å². The summed E-state index contributed by atoms with van der Waals surface area (Å²) in [5.41, 5.74) is 3.71. The van der Waals surface area contributed by atoms with E-state index in [9.17, 15) is 4.79 Å². The molecule has 4 rings (SSSR count). The maximum Gasteiger partial charge on any atom is 0.254 e. The van der Waals surface area contributed by atoms with Crippen LogP contribution >= 0.6 is 11.8 Å². The lowest BCUT2D eigenvalue weighted by molar-refractivity contribution is 0.0950. The van der Waals surface area contributed by atoms with Crippen molar-refractivity contribution < 1.29 is 9.32 Å². The second-order valence-electron chi connectivity index (χ2n) is 6.44. The maximum absolute atomic E-state index is 12.7. The van der Waals surface area contributed by atoms with Gasteiger partial charge in [0.25, 0.3) is 5.91 Å². The Morgan fingerprint density at radius 3 is 3.00 bits per heavy atom. The highest BCUT2D eigenvalue weighted by molar-refractivity contribution is 7.98. The molecule has 0 aliphatic carbocycles. The van der Waals surface area contributed by atoms with Gasteiger partial charge in [-0.15, -0.1) is 0 Å². The third kappa shape index (κ3) is 4.09. The van der Waals surface area contributed by atoms with Crippen LogP contribution < -0.4 is 5.32 Å². The molecule has 0 saturated carbocycles. The minimum atomic E-state index is -0.119. The number of para-hydroxylation sites is 1. The van der Waals surface area contributed by atoms with Crippen LogP contribution in [-0.2, 0) is 12.2 Å². The monoisotopic (exact) mass is 392 g/mol. The highest BCUT2D eigenvalue weighted by atomic mass is 32.2. The van der Waals surface area contributed by atoms with Gasteiger partial charge in [0.15, 0.2) is 0 Å². The molecule has 0 atom stereocenters. The molecule has 4 aromatic rings. The molecule has 28 heavy (non-hydrogen) atoms. The molecule has 0 aliphatic heterocycles. The summed E-state index contributed by atoms with van der Waals surface area (Å²) >= 11 is 1.48. The van der Waals surface area contributed by atoms with Gasteiger partial charge in [0.1, 0.15) is 10.8 Å². The van der Waals surface area contributed by atoms with Crippen molar-refractivity contribution in [2.24, 2.45) is 0 Å². The zero-order valence-electron chi connectivity index (χ0n) is 15.4. The number of thioether (sulfide) groups is 1. The summed E-state index contributed by atoms with van der Waals surface area (Å²) in [6, 6.07) is 13.6. The van der Waals surface area contributed by atoms with Gasteiger partial charge in [-0.25, -0.2) is 4.98 Å². The van der Waals surface area contributed by atoms with Crippen molar-refractivity contribution in [2.45, 2.75) is 24.1 Å². The van der Waals surface area contributed by atoms with Gasteiger partial charge in [0.2, 0.25) is 0 Å². The first-order valence-corrected chi connectivity index (χ1v) is 10.0. The number of pyridine rings is 1. The number of carbonyl (C=O) groups is 1. The number of rotatable bonds is 7. The van der Waals surface area contributed by atoms with E-state index < -0.39 is 0 Å². The summed E-state index contributed by atoms with van der Waals surface area (Å²) in [6.07, 6.45) is 4.46. The van der Waals surface area contributed by atoms with Crippen molar-refractivity contribution >= 4 is 28.6 Å². The minimum Gasteiger partial charge on any atom is -0.361 e. The summed E-state index contributed by atoms with van der Waals surface area (Å²) < 4.78 is 5.08. The Morgan fingerprint density at radius 1 is 1.25 bits per heavy atom. The molecule has 7 heteroatoms. The van der Waals surface area contributed by atoms with E-state index in [0.717, 1.165) is 23.4 Å². The van der Waals surface area contributed by atoms with E-state index >= 15 is 0 Å². The number of H-pyrrole nitrogens is 1. The fraction of sp³-hybridized carbons (Fsp3) is 0.190. The average Bonchev–Trinajstić information content (AvgIpc) is 3.33. The van der Waals surface area contributed by atoms with Crippen molar-refractivity contribution in [1.82, 2.24) is 20.4 Å². The molecular formula is C21H20N4O2S. The molecule has 0 spiro atoms. The summed E-state index contributed by atoms with van der Waals surface area (Å²) in [5, 5.41) is 8.87. The first-order valence-electron chi connectivity index (χ1n) is 9.04. The number of fused-ring (bicyclic) bond motifs is 1. The number of nitrogens with zero attached hydrogens (tertiary/aromatic N) is 2. The number of amides is 1. The number of aryl methyl sites for hydroxylation is 1. The molecule has 0 radical (unpaired) electrons. The van der Waals surface area contributed by atoms with Crippen molar-refractivity contribution in [3.8, 4) is 0 Å². The van der Waals surface area contributed by atoms with E-state index in [0.29, 0.717) is 22.9 Å². The van der Waals surface area contributed by atoms with Crippen LogP contribution in [0.25, 0.3) is 10.9 Å². The zero-order valence-corrected chi connectivity index (χ0v) is 16.3. The molecule has 2 N–H and O–H groups in total. The zero-order chi connectivity index (χ0) is 19.3. The van der Waals surface area contributed by atoms with Gasteiger partial charge >= 0.3 is 0 Å². The molecule has 0 fully saturated rings. The Bertz CT molecular complexity index is 1100. The second-order valence-corrected chi connectivity index (χ2v) is 7.40. The summed E-state index contributed by atoms with van der Waals surface area (Å²) in [4.78, 5) is 20.3. The summed E-state index contributed by atoms with van der Waals surface area (Å²) in [5.74, 6) is 1.25. The quantitative estimate of drug-likeness (QED) is 0.462. The molecule has 1 aromatic carbocycles. The van der Waals surface area contributed by atoms with Crippen LogP contribution in [0, 0.1) is 6.92 Å². The molecule has 1 amide bonds. The van der Waals surface area contributed by atoms with Crippen LogP contribution in [-0.4, -0.2) is 27.6 Å². The number of aromatic nitrogens is 3. The van der Waals surface area contributed by atoms with Gasteiger partial charge in [-0.2, -0.15) is 0 Å². The Morgan fingerprint density at radius 2 is 2.14 bits per heavy atom. The highest BCUT2D eigenvalue weighted by Gasteiger charge is 2.14. The Balaban J connectivity index is 1.38. The van der Waals surface area contributed by atoms with Crippen LogP contribution in [0.15, 0.2) is 64.4 Å². The van der Waals surface area contributed by atoms with Crippen molar-refractivity contribution in [1.29, 1.82) is 0 Å². The smallest absolute Gasteiger partial charge is 0.254 e. The Hall–Kier alpha value is -3.06. The van der Waals surface area contributed by atoms with Gasteiger partial charge in [-0.1, -0.05) is 35.1 Å². The fourth-order valence-electron chi connectivity index (χ4n) is 3.05. The summed E-state index contributed by atoms with van der Waals surface area (Å²) in [7, 11) is 0. The Labute approximate surface area is 166 Å². The molecular weight excluding hydrogens is 372 g/mol. The normalized spacial score (nSPS) is 11.0. The Kier molecular flexibility index (Phi) is 5.43. The molecule has 0 aliphatic rings. The lowest BCUT2D eigenvalue weighted by atomic mass is 10.1. The fourth-order valence-corrected chi connectivity index (χ4v) is 3.92. The SMILES string of the molecule is Cc1cc(CSc2ncccc2C(=O)NCCc2c[nH]c3ccccc23)no1. The van der Waals surface area contributed by atoms with E-state index in [2.05, 4.69) is 26.5 Å².